The number of carbonyl (C=O) groups is 1. The molecular weight excluding hydrogens is 196 g/mol. The van der Waals surface area contributed by atoms with Crippen molar-refractivity contribution in [2.75, 3.05) is 33.0 Å². The number of ether oxygens (including phenoxy) is 2. The van der Waals surface area contributed by atoms with E-state index in [0.29, 0.717) is 19.2 Å². The quantitative estimate of drug-likeness (QED) is 0.663. The van der Waals surface area contributed by atoms with Gasteiger partial charge in [0.1, 0.15) is 6.61 Å². The van der Waals surface area contributed by atoms with E-state index in [1.807, 2.05) is 4.90 Å². The predicted octanol–water partition coefficient (Wildman–Crippen LogP) is -0.649. The SMILES string of the molecule is NCC1COCC(=O)N1C1CCOCC1. The number of rotatable bonds is 2. The lowest BCUT2D eigenvalue weighted by molar-refractivity contribution is -0.154. The Bertz CT molecular complexity index is 229. The van der Waals surface area contributed by atoms with Crippen LogP contribution < -0.4 is 5.73 Å². The predicted molar refractivity (Wildman–Crippen MR) is 54.3 cm³/mol. The monoisotopic (exact) mass is 214 g/mol. The summed E-state index contributed by atoms with van der Waals surface area (Å²) in [5.41, 5.74) is 5.66. The summed E-state index contributed by atoms with van der Waals surface area (Å²) < 4.78 is 10.5. The van der Waals surface area contributed by atoms with Crippen LogP contribution in [0.1, 0.15) is 12.8 Å². The van der Waals surface area contributed by atoms with E-state index in [1.54, 1.807) is 0 Å². The molecule has 0 bridgehead atoms. The maximum Gasteiger partial charge on any atom is 0.249 e. The fourth-order valence-electron chi connectivity index (χ4n) is 2.29. The number of hydrogen-bond donors (Lipinski definition) is 1. The van der Waals surface area contributed by atoms with E-state index in [0.717, 1.165) is 26.1 Å². The molecule has 15 heavy (non-hydrogen) atoms. The molecule has 1 atom stereocenters. The van der Waals surface area contributed by atoms with Gasteiger partial charge >= 0.3 is 0 Å². The normalized spacial score (nSPS) is 29.5. The lowest BCUT2D eigenvalue weighted by Crippen LogP contribution is -2.57. The molecule has 2 aliphatic rings. The number of morpholine rings is 1. The van der Waals surface area contributed by atoms with Crippen molar-refractivity contribution in [3.63, 3.8) is 0 Å². The van der Waals surface area contributed by atoms with Crippen LogP contribution in [0.15, 0.2) is 0 Å². The second-order valence-electron chi connectivity index (χ2n) is 4.05. The molecule has 2 N–H and O–H groups in total. The van der Waals surface area contributed by atoms with Crippen LogP contribution in [0.25, 0.3) is 0 Å². The molecule has 5 heteroatoms. The summed E-state index contributed by atoms with van der Waals surface area (Å²) in [7, 11) is 0. The standard InChI is InChI=1S/C10H18N2O3/c11-5-9-6-15-7-10(13)12(9)8-1-3-14-4-2-8/h8-9H,1-7,11H2. The van der Waals surface area contributed by atoms with Gasteiger partial charge in [0.2, 0.25) is 5.91 Å². The minimum atomic E-state index is 0.0503. The first-order chi connectivity index (χ1) is 7.33. The van der Waals surface area contributed by atoms with Gasteiger partial charge in [0.25, 0.3) is 0 Å². The lowest BCUT2D eigenvalue weighted by Gasteiger charge is -2.42. The van der Waals surface area contributed by atoms with Crippen molar-refractivity contribution >= 4 is 5.91 Å². The zero-order valence-corrected chi connectivity index (χ0v) is 8.85. The second-order valence-corrected chi connectivity index (χ2v) is 4.05. The molecule has 0 aromatic carbocycles. The van der Waals surface area contributed by atoms with Gasteiger partial charge in [0, 0.05) is 25.8 Å². The zero-order chi connectivity index (χ0) is 10.7. The Kier molecular flexibility index (Phi) is 3.56. The van der Waals surface area contributed by atoms with E-state index < -0.39 is 0 Å². The smallest absolute Gasteiger partial charge is 0.249 e. The molecule has 2 fully saturated rings. The van der Waals surface area contributed by atoms with Gasteiger partial charge in [-0.2, -0.15) is 0 Å². The molecule has 0 radical (unpaired) electrons. The molecule has 5 nitrogen and oxygen atoms in total. The summed E-state index contributed by atoms with van der Waals surface area (Å²) in [6, 6.07) is 0.345. The van der Waals surface area contributed by atoms with Crippen molar-refractivity contribution in [3.05, 3.63) is 0 Å². The Morgan fingerprint density at radius 3 is 2.73 bits per heavy atom. The maximum absolute atomic E-state index is 11.8. The number of hydrogen-bond acceptors (Lipinski definition) is 4. The lowest BCUT2D eigenvalue weighted by atomic mass is 10.0. The Hall–Kier alpha value is -0.650. The maximum atomic E-state index is 11.8. The van der Waals surface area contributed by atoms with E-state index in [4.69, 9.17) is 15.2 Å². The van der Waals surface area contributed by atoms with Crippen molar-refractivity contribution in [1.29, 1.82) is 0 Å². The molecule has 0 aromatic heterocycles. The molecule has 0 saturated carbocycles. The van der Waals surface area contributed by atoms with E-state index in [1.165, 1.54) is 0 Å². The molecule has 2 rings (SSSR count). The van der Waals surface area contributed by atoms with Crippen LogP contribution in [0, 0.1) is 0 Å². The molecule has 2 saturated heterocycles. The van der Waals surface area contributed by atoms with Crippen LogP contribution in [-0.2, 0) is 14.3 Å². The Balaban J connectivity index is 2.03. The zero-order valence-electron chi connectivity index (χ0n) is 8.85. The fourth-order valence-corrected chi connectivity index (χ4v) is 2.29. The van der Waals surface area contributed by atoms with Gasteiger partial charge in [-0.1, -0.05) is 0 Å². The van der Waals surface area contributed by atoms with Crippen molar-refractivity contribution in [3.8, 4) is 0 Å². The highest BCUT2D eigenvalue weighted by Crippen LogP contribution is 2.19. The highest BCUT2D eigenvalue weighted by atomic mass is 16.5. The molecule has 2 heterocycles. The van der Waals surface area contributed by atoms with Crippen LogP contribution in [0.3, 0.4) is 0 Å². The molecule has 1 amide bonds. The number of amides is 1. The third-order valence-corrected chi connectivity index (χ3v) is 3.07. The van der Waals surface area contributed by atoms with Gasteiger partial charge in [-0.3, -0.25) is 4.79 Å². The number of nitrogens with two attached hydrogens (primary N) is 1. The first-order valence-corrected chi connectivity index (χ1v) is 5.49. The molecule has 86 valence electrons. The van der Waals surface area contributed by atoms with Gasteiger partial charge in [0.15, 0.2) is 0 Å². The summed E-state index contributed by atoms with van der Waals surface area (Å²) in [5, 5.41) is 0. The van der Waals surface area contributed by atoms with Crippen LogP contribution in [0.4, 0.5) is 0 Å². The first kappa shape index (κ1) is 10.9. The summed E-state index contributed by atoms with van der Waals surface area (Å²) in [6.45, 7) is 2.73. The molecular formula is C10H18N2O3. The minimum Gasteiger partial charge on any atom is -0.381 e. The summed E-state index contributed by atoms with van der Waals surface area (Å²) in [6.07, 6.45) is 1.84. The van der Waals surface area contributed by atoms with E-state index in [2.05, 4.69) is 0 Å². The summed E-state index contributed by atoms with van der Waals surface area (Å²) in [4.78, 5) is 13.7. The molecule has 2 aliphatic heterocycles. The largest absolute Gasteiger partial charge is 0.381 e. The van der Waals surface area contributed by atoms with E-state index in [9.17, 15) is 4.79 Å². The molecule has 0 aromatic rings. The van der Waals surface area contributed by atoms with Crippen molar-refractivity contribution in [2.45, 2.75) is 24.9 Å². The van der Waals surface area contributed by atoms with Crippen LogP contribution in [-0.4, -0.2) is 55.9 Å². The van der Waals surface area contributed by atoms with Gasteiger partial charge < -0.3 is 20.1 Å². The van der Waals surface area contributed by atoms with Gasteiger partial charge in [-0.05, 0) is 12.8 Å². The summed E-state index contributed by atoms with van der Waals surface area (Å²) in [5.74, 6) is 0.0728. The van der Waals surface area contributed by atoms with Crippen LogP contribution >= 0.6 is 0 Å². The molecule has 0 spiro atoms. The second kappa shape index (κ2) is 4.92. The highest BCUT2D eigenvalue weighted by molar-refractivity contribution is 5.78. The third-order valence-electron chi connectivity index (χ3n) is 3.07. The Morgan fingerprint density at radius 2 is 2.07 bits per heavy atom. The van der Waals surface area contributed by atoms with Gasteiger partial charge in [0.05, 0.1) is 12.6 Å². The number of nitrogens with zero attached hydrogens (tertiary/aromatic N) is 1. The Morgan fingerprint density at radius 1 is 1.33 bits per heavy atom. The highest BCUT2D eigenvalue weighted by Gasteiger charge is 2.34. The first-order valence-electron chi connectivity index (χ1n) is 5.49. The van der Waals surface area contributed by atoms with Crippen molar-refractivity contribution in [1.82, 2.24) is 4.90 Å². The Labute approximate surface area is 89.5 Å². The molecule has 1 unspecified atom stereocenters. The topological polar surface area (TPSA) is 64.8 Å². The third kappa shape index (κ3) is 2.30. The average Bonchev–Trinajstić information content (AvgIpc) is 2.29. The van der Waals surface area contributed by atoms with Crippen LogP contribution in [0.2, 0.25) is 0 Å². The summed E-state index contributed by atoms with van der Waals surface area (Å²) >= 11 is 0. The van der Waals surface area contributed by atoms with Crippen molar-refractivity contribution < 1.29 is 14.3 Å². The van der Waals surface area contributed by atoms with Gasteiger partial charge in [-0.15, -0.1) is 0 Å². The minimum absolute atomic E-state index is 0.0503. The van der Waals surface area contributed by atoms with Crippen molar-refractivity contribution in [2.24, 2.45) is 5.73 Å². The van der Waals surface area contributed by atoms with Crippen LogP contribution in [0.5, 0.6) is 0 Å². The van der Waals surface area contributed by atoms with E-state index in [-0.39, 0.29) is 18.6 Å². The number of carbonyl (C=O) groups excluding carboxylic acids is 1. The van der Waals surface area contributed by atoms with Gasteiger partial charge in [-0.25, -0.2) is 0 Å². The fraction of sp³-hybridized carbons (Fsp3) is 0.900. The molecule has 0 aliphatic carbocycles. The van der Waals surface area contributed by atoms with E-state index >= 15 is 0 Å². The average molecular weight is 214 g/mol.